The molecule has 2 aromatic rings. The van der Waals surface area contributed by atoms with Crippen LogP contribution in [0.1, 0.15) is 22.8 Å². The van der Waals surface area contributed by atoms with E-state index in [2.05, 4.69) is 0 Å². The third-order valence-electron chi connectivity index (χ3n) is 3.30. The second kappa shape index (κ2) is 7.10. The maximum atomic E-state index is 12.6. The summed E-state index contributed by atoms with van der Waals surface area (Å²) in [5, 5.41) is 10.4. The Balaban J connectivity index is 2.26. The zero-order valence-corrected chi connectivity index (χ0v) is 13.5. The van der Waals surface area contributed by atoms with Gasteiger partial charge in [0, 0.05) is 17.4 Å². The van der Waals surface area contributed by atoms with Crippen molar-refractivity contribution in [2.75, 3.05) is 0 Å². The number of ketones is 1. The number of Topliss-reactive ketones (excluding diaryl/α,β-unsaturated/α-hetero) is 1. The fourth-order valence-electron chi connectivity index (χ4n) is 1.94. The molecule has 0 N–H and O–H groups in total. The fourth-order valence-corrected chi connectivity index (χ4v) is 2.16. The monoisotopic (exact) mass is 373 g/mol. The van der Waals surface area contributed by atoms with Crippen molar-refractivity contribution in [3.63, 3.8) is 0 Å². The number of benzene rings is 2. The van der Waals surface area contributed by atoms with Gasteiger partial charge in [0.15, 0.2) is 0 Å². The predicted molar refractivity (Wildman–Crippen MR) is 83.8 cm³/mol. The summed E-state index contributed by atoms with van der Waals surface area (Å²) in [6, 6.07) is 6.68. The molecular weight excluding hydrogens is 363 g/mol. The molecule has 0 aliphatic rings. The first kappa shape index (κ1) is 18.7. The molecule has 132 valence electrons. The Labute approximate surface area is 145 Å². The van der Waals surface area contributed by atoms with Crippen molar-refractivity contribution in [1.82, 2.24) is 0 Å². The maximum Gasteiger partial charge on any atom is 0.416 e. The van der Waals surface area contributed by atoms with Crippen LogP contribution in [0.4, 0.5) is 13.2 Å². The van der Waals surface area contributed by atoms with Crippen molar-refractivity contribution in [3.05, 3.63) is 68.7 Å². The molecule has 0 saturated heterocycles. The highest BCUT2D eigenvalue weighted by Crippen LogP contribution is 2.36. The summed E-state index contributed by atoms with van der Waals surface area (Å²) in [4.78, 5) is 21.9. The molecule has 0 amide bonds. The first-order chi connectivity index (χ1) is 11.6. The molecule has 0 aliphatic carbocycles. The van der Waals surface area contributed by atoms with E-state index in [4.69, 9.17) is 16.3 Å². The molecule has 0 saturated carbocycles. The number of nitro groups is 1. The number of hydrogen-bond donors (Lipinski definition) is 0. The number of ether oxygens (including phenoxy) is 1. The van der Waals surface area contributed by atoms with Crippen molar-refractivity contribution in [3.8, 4) is 11.5 Å². The Hall–Kier alpha value is -2.61. The van der Waals surface area contributed by atoms with Crippen LogP contribution in [0.2, 0.25) is 5.02 Å². The van der Waals surface area contributed by atoms with Gasteiger partial charge in [-0.15, -0.1) is 0 Å². The molecule has 0 heterocycles. The highest BCUT2D eigenvalue weighted by Gasteiger charge is 2.31. The van der Waals surface area contributed by atoms with Crippen molar-refractivity contribution >= 4 is 17.4 Å². The lowest BCUT2D eigenvalue weighted by Gasteiger charge is -2.12. The minimum Gasteiger partial charge on any atom is -0.456 e. The Morgan fingerprint density at radius 2 is 1.92 bits per heavy atom. The fraction of sp³-hybridized carbons (Fsp3) is 0.188. The Bertz CT molecular complexity index is 823. The van der Waals surface area contributed by atoms with Crippen LogP contribution in [0.3, 0.4) is 0 Å². The molecule has 2 rings (SSSR count). The van der Waals surface area contributed by atoms with Gasteiger partial charge >= 0.3 is 6.18 Å². The number of rotatable bonds is 5. The van der Waals surface area contributed by atoms with Crippen molar-refractivity contribution in [2.45, 2.75) is 19.1 Å². The molecule has 0 radical (unpaired) electrons. The van der Waals surface area contributed by atoms with Crippen molar-refractivity contribution < 1.29 is 27.6 Å². The summed E-state index contributed by atoms with van der Waals surface area (Å²) < 4.78 is 43.2. The molecule has 0 fully saturated rings. The second-order valence-corrected chi connectivity index (χ2v) is 5.51. The summed E-state index contributed by atoms with van der Waals surface area (Å²) >= 11 is 5.80. The molecule has 5 nitrogen and oxygen atoms in total. The highest BCUT2D eigenvalue weighted by molar-refractivity contribution is 6.32. The topological polar surface area (TPSA) is 69.4 Å². The number of halogens is 4. The molecule has 0 bridgehead atoms. The lowest BCUT2D eigenvalue weighted by Crippen LogP contribution is -2.25. The number of alkyl halides is 3. The average Bonchev–Trinajstić information content (AvgIpc) is 2.54. The first-order valence-corrected chi connectivity index (χ1v) is 7.30. The Morgan fingerprint density at radius 1 is 1.24 bits per heavy atom. The van der Waals surface area contributed by atoms with E-state index in [1.54, 1.807) is 0 Å². The van der Waals surface area contributed by atoms with Crippen LogP contribution in [0, 0.1) is 10.1 Å². The molecule has 9 heteroatoms. The number of carbonyl (C=O) groups is 1. The van der Waals surface area contributed by atoms with E-state index in [9.17, 15) is 28.1 Å². The van der Waals surface area contributed by atoms with Crippen LogP contribution in [-0.4, -0.2) is 16.7 Å². The number of carbonyl (C=O) groups excluding carboxylic acids is 1. The summed E-state index contributed by atoms with van der Waals surface area (Å²) in [6.07, 6.45) is -4.53. The largest absolute Gasteiger partial charge is 0.456 e. The molecule has 25 heavy (non-hydrogen) atoms. The standard InChI is InChI=1S/C16H11ClF3NO4/c1-9(21(23)24)15(22)10-3-2-4-12(7-10)25-14-6-5-11(8-13(14)17)16(18,19)20/h2-9H,1H3. The van der Waals surface area contributed by atoms with Gasteiger partial charge < -0.3 is 4.74 Å². The van der Waals surface area contributed by atoms with Gasteiger partial charge in [-0.1, -0.05) is 23.7 Å². The van der Waals surface area contributed by atoms with E-state index < -0.39 is 28.5 Å². The minimum absolute atomic E-state index is 0.0402. The van der Waals surface area contributed by atoms with E-state index in [-0.39, 0.29) is 22.1 Å². The van der Waals surface area contributed by atoms with Crippen LogP contribution < -0.4 is 4.74 Å². The lowest BCUT2D eigenvalue weighted by atomic mass is 10.1. The van der Waals surface area contributed by atoms with E-state index >= 15 is 0 Å². The molecule has 2 aromatic carbocycles. The van der Waals surface area contributed by atoms with E-state index in [1.165, 1.54) is 24.3 Å². The van der Waals surface area contributed by atoms with Gasteiger partial charge in [0.25, 0.3) is 6.04 Å². The summed E-state index contributed by atoms with van der Waals surface area (Å²) in [5.74, 6) is -0.640. The van der Waals surface area contributed by atoms with Gasteiger partial charge in [-0.05, 0) is 30.3 Å². The van der Waals surface area contributed by atoms with Crippen LogP contribution in [0.5, 0.6) is 11.5 Å². The average molecular weight is 374 g/mol. The first-order valence-electron chi connectivity index (χ1n) is 6.92. The highest BCUT2D eigenvalue weighted by atomic mass is 35.5. The molecule has 1 unspecified atom stereocenters. The second-order valence-electron chi connectivity index (χ2n) is 5.10. The Morgan fingerprint density at radius 3 is 2.48 bits per heavy atom. The zero-order valence-electron chi connectivity index (χ0n) is 12.7. The smallest absolute Gasteiger partial charge is 0.416 e. The summed E-state index contributed by atoms with van der Waals surface area (Å²) in [7, 11) is 0. The van der Waals surface area contributed by atoms with Crippen LogP contribution in [0.15, 0.2) is 42.5 Å². The molecule has 0 aromatic heterocycles. The third kappa shape index (κ3) is 4.48. The van der Waals surface area contributed by atoms with Gasteiger partial charge in [0.1, 0.15) is 11.5 Å². The minimum atomic E-state index is -4.53. The lowest BCUT2D eigenvalue weighted by molar-refractivity contribution is -0.500. The van der Waals surface area contributed by atoms with Gasteiger partial charge in [-0.3, -0.25) is 14.9 Å². The van der Waals surface area contributed by atoms with Crippen molar-refractivity contribution in [1.29, 1.82) is 0 Å². The maximum absolute atomic E-state index is 12.6. The van der Waals surface area contributed by atoms with Crippen LogP contribution >= 0.6 is 11.6 Å². The molecule has 0 aliphatic heterocycles. The summed E-state index contributed by atoms with van der Waals surface area (Å²) in [5.41, 5.74) is -0.877. The molecular formula is C16H11ClF3NO4. The molecule has 0 spiro atoms. The third-order valence-corrected chi connectivity index (χ3v) is 3.60. The number of nitrogens with zero attached hydrogens (tertiary/aromatic N) is 1. The molecule has 1 atom stereocenters. The van der Waals surface area contributed by atoms with Gasteiger partial charge in [-0.25, -0.2) is 0 Å². The predicted octanol–water partition coefficient (Wildman–Crippen LogP) is 5.00. The SMILES string of the molecule is CC(C(=O)c1cccc(Oc2ccc(C(F)(F)F)cc2Cl)c1)[N+](=O)[O-]. The normalized spacial score (nSPS) is 12.5. The van der Waals surface area contributed by atoms with Gasteiger partial charge in [-0.2, -0.15) is 13.2 Å². The van der Waals surface area contributed by atoms with Crippen molar-refractivity contribution in [2.24, 2.45) is 0 Å². The van der Waals surface area contributed by atoms with Gasteiger partial charge in [0.05, 0.1) is 10.6 Å². The number of hydrogen-bond acceptors (Lipinski definition) is 4. The van der Waals surface area contributed by atoms with E-state index in [1.807, 2.05) is 0 Å². The van der Waals surface area contributed by atoms with E-state index in [0.717, 1.165) is 25.1 Å². The quantitative estimate of drug-likeness (QED) is 0.420. The van der Waals surface area contributed by atoms with Crippen LogP contribution in [-0.2, 0) is 6.18 Å². The van der Waals surface area contributed by atoms with Gasteiger partial charge in [0.2, 0.25) is 5.78 Å². The zero-order chi connectivity index (χ0) is 18.8. The summed E-state index contributed by atoms with van der Waals surface area (Å²) in [6.45, 7) is 1.16. The van der Waals surface area contributed by atoms with Crippen LogP contribution in [0.25, 0.3) is 0 Å². The Kier molecular flexibility index (Phi) is 5.32. The van der Waals surface area contributed by atoms with E-state index in [0.29, 0.717) is 0 Å².